The average Bonchev–Trinajstić information content (AvgIpc) is 2.91. The van der Waals surface area contributed by atoms with Gasteiger partial charge in [0, 0.05) is 19.6 Å². The van der Waals surface area contributed by atoms with Crippen LogP contribution in [0.1, 0.15) is 51.4 Å². The molecule has 2 aliphatic carbocycles. The molecule has 0 saturated heterocycles. The zero-order valence-electron chi connectivity index (χ0n) is 12.3. The molecule has 0 aromatic carbocycles. The molecular weight excluding hydrogens is 256 g/mol. The molecule has 114 valence electrons. The van der Waals surface area contributed by atoms with Gasteiger partial charge in [-0.05, 0) is 38.0 Å². The van der Waals surface area contributed by atoms with Crippen molar-refractivity contribution in [2.45, 2.75) is 57.4 Å². The van der Waals surface area contributed by atoms with Crippen LogP contribution in [-0.4, -0.2) is 41.6 Å². The quantitative estimate of drug-likeness (QED) is 0.832. The van der Waals surface area contributed by atoms with Crippen molar-refractivity contribution in [3.05, 3.63) is 0 Å². The third-order valence-corrected chi connectivity index (χ3v) is 4.70. The highest BCUT2D eigenvalue weighted by molar-refractivity contribution is 5.74. The van der Waals surface area contributed by atoms with Crippen molar-refractivity contribution < 1.29 is 14.7 Å². The molecule has 2 saturated carbocycles. The van der Waals surface area contributed by atoms with Gasteiger partial charge in [-0.2, -0.15) is 0 Å². The van der Waals surface area contributed by atoms with Gasteiger partial charge in [0.25, 0.3) is 0 Å². The molecule has 0 aliphatic heterocycles. The van der Waals surface area contributed by atoms with Gasteiger partial charge in [-0.1, -0.05) is 19.3 Å². The first-order chi connectivity index (χ1) is 9.56. The van der Waals surface area contributed by atoms with Crippen molar-refractivity contribution in [2.24, 2.45) is 11.8 Å². The van der Waals surface area contributed by atoms with Gasteiger partial charge in [0.2, 0.25) is 0 Å². The number of carbonyl (C=O) groups excluding carboxylic acids is 1. The number of rotatable bonds is 4. The lowest BCUT2D eigenvalue weighted by molar-refractivity contribution is -0.143. The Kier molecular flexibility index (Phi) is 5.26. The first kappa shape index (κ1) is 15.1. The first-order valence-electron chi connectivity index (χ1n) is 7.80. The topological polar surface area (TPSA) is 69.6 Å². The molecule has 2 atom stereocenters. The Labute approximate surface area is 120 Å². The van der Waals surface area contributed by atoms with E-state index in [-0.39, 0.29) is 18.0 Å². The highest BCUT2D eigenvalue weighted by Gasteiger charge is 2.28. The van der Waals surface area contributed by atoms with E-state index < -0.39 is 5.97 Å². The van der Waals surface area contributed by atoms with Gasteiger partial charge in [-0.15, -0.1) is 0 Å². The van der Waals surface area contributed by atoms with Crippen molar-refractivity contribution in [2.75, 3.05) is 13.6 Å². The normalized spacial score (nSPS) is 27.2. The summed E-state index contributed by atoms with van der Waals surface area (Å²) in [4.78, 5) is 24.9. The molecule has 0 radical (unpaired) electrons. The van der Waals surface area contributed by atoms with E-state index in [1.807, 2.05) is 7.05 Å². The summed E-state index contributed by atoms with van der Waals surface area (Å²) in [5.41, 5.74) is 0. The number of carboxylic acids is 1. The molecule has 5 heteroatoms. The fraction of sp³-hybridized carbons (Fsp3) is 0.867. The molecule has 0 bridgehead atoms. The maximum atomic E-state index is 12.1. The molecule has 0 heterocycles. The largest absolute Gasteiger partial charge is 0.481 e. The Balaban J connectivity index is 1.76. The first-order valence-corrected chi connectivity index (χ1v) is 7.80. The van der Waals surface area contributed by atoms with Gasteiger partial charge in [-0.3, -0.25) is 4.79 Å². The lowest BCUT2D eigenvalue weighted by atomic mass is 9.86. The molecule has 2 N–H and O–H groups in total. The Bertz CT molecular complexity index is 353. The lowest BCUT2D eigenvalue weighted by Crippen LogP contribution is -2.46. The third-order valence-electron chi connectivity index (χ3n) is 4.70. The zero-order valence-corrected chi connectivity index (χ0v) is 12.3. The van der Waals surface area contributed by atoms with Crippen LogP contribution in [0.5, 0.6) is 0 Å². The van der Waals surface area contributed by atoms with Crippen LogP contribution in [0, 0.1) is 11.8 Å². The number of carbonyl (C=O) groups is 2. The SMILES string of the molecule is CN(CC1CCCC1)C(=O)NC1CCCC(C(=O)O)C1. The molecule has 2 aliphatic rings. The second kappa shape index (κ2) is 6.95. The number of hydrogen-bond acceptors (Lipinski definition) is 2. The molecule has 2 rings (SSSR count). The maximum absolute atomic E-state index is 12.1. The van der Waals surface area contributed by atoms with Crippen LogP contribution in [0.3, 0.4) is 0 Å². The smallest absolute Gasteiger partial charge is 0.317 e. The maximum Gasteiger partial charge on any atom is 0.317 e. The van der Waals surface area contributed by atoms with Gasteiger partial charge >= 0.3 is 12.0 Å². The summed E-state index contributed by atoms with van der Waals surface area (Å²) in [6.07, 6.45) is 8.09. The van der Waals surface area contributed by atoms with E-state index >= 15 is 0 Å². The minimum Gasteiger partial charge on any atom is -0.481 e. The van der Waals surface area contributed by atoms with Crippen LogP contribution < -0.4 is 5.32 Å². The molecule has 5 nitrogen and oxygen atoms in total. The van der Waals surface area contributed by atoms with E-state index in [4.69, 9.17) is 5.11 Å². The highest BCUT2D eigenvalue weighted by atomic mass is 16.4. The fourth-order valence-electron chi connectivity index (χ4n) is 3.49. The predicted molar refractivity (Wildman–Crippen MR) is 76.5 cm³/mol. The number of nitrogens with zero attached hydrogens (tertiary/aromatic N) is 1. The number of urea groups is 1. The minimum absolute atomic E-state index is 0.0170. The summed E-state index contributed by atoms with van der Waals surface area (Å²) in [6, 6.07) is -0.0312. The van der Waals surface area contributed by atoms with E-state index in [2.05, 4.69) is 5.32 Å². The van der Waals surface area contributed by atoms with Crippen LogP contribution in [-0.2, 0) is 4.79 Å². The Morgan fingerprint density at radius 2 is 1.85 bits per heavy atom. The van der Waals surface area contributed by atoms with Crippen LogP contribution in [0.2, 0.25) is 0 Å². The molecule has 0 spiro atoms. The van der Waals surface area contributed by atoms with Gasteiger partial charge in [0.15, 0.2) is 0 Å². The van der Waals surface area contributed by atoms with E-state index in [1.165, 1.54) is 25.7 Å². The predicted octanol–water partition coefficient (Wildman–Crippen LogP) is 2.46. The van der Waals surface area contributed by atoms with E-state index in [1.54, 1.807) is 4.90 Å². The molecule has 0 aromatic rings. The summed E-state index contributed by atoms with van der Waals surface area (Å²) >= 11 is 0. The fourth-order valence-corrected chi connectivity index (χ4v) is 3.49. The monoisotopic (exact) mass is 282 g/mol. The third kappa shape index (κ3) is 4.12. The highest BCUT2D eigenvalue weighted by Crippen LogP contribution is 2.26. The standard InChI is InChI=1S/C15H26N2O3/c1-17(10-11-5-2-3-6-11)15(20)16-13-8-4-7-12(9-13)14(18)19/h11-13H,2-10H2,1H3,(H,16,20)(H,18,19). The van der Waals surface area contributed by atoms with Crippen molar-refractivity contribution in [3.63, 3.8) is 0 Å². The molecule has 2 fully saturated rings. The summed E-state index contributed by atoms with van der Waals surface area (Å²) in [7, 11) is 1.84. The van der Waals surface area contributed by atoms with E-state index in [0.29, 0.717) is 12.3 Å². The number of nitrogens with one attached hydrogen (secondary N) is 1. The second-order valence-electron chi connectivity index (χ2n) is 6.38. The molecule has 20 heavy (non-hydrogen) atoms. The van der Waals surface area contributed by atoms with Crippen molar-refractivity contribution >= 4 is 12.0 Å². The summed E-state index contributed by atoms with van der Waals surface area (Å²) in [5, 5.41) is 12.1. The number of hydrogen-bond donors (Lipinski definition) is 2. The minimum atomic E-state index is -0.733. The molecule has 2 unspecified atom stereocenters. The zero-order chi connectivity index (χ0) is 14.5. The summed E-state index contributed by atoms with van der Waals surface area (Å²) in [6.45, 7) is 0.820. The van der Waals surface area contributed by atoms with Gasteiger partial charge in [-0.25, -0.2) is 4.79 Å². The van der Waals surface area contributed by atoms with E-state index in [9.17, 15) is 9.59 Å². The number of amides is 2. The summed E-state index contributed by atoms with van der Waals surface area (Å²) in [5.74, 6) is -0.388. The Morgan fingerprint density at radius 3 is 2.50 bits per heavy atom. The summed E-state index contributed by atoms with van der Waals surface area (Å²) < 4.78 is 0. The van der Waals surface area contributed by atoms with Crippen molar-refractivity contribution in [1.82, 2.24) is 10.2 Å². The van der Waals surface area contributed by atoms with Crippen LogP contribution in [0.25, 0.3) is 0 Å². The van der Waals surface area contributed by atoms with Crippen LogP contribution in [0.15, 0.2) is 0 Å². The number of carboxylic acid groups (broad SMARTS) is 1. The lowest BCUT2D eigenvalue weighted by Gasteiger charge is -2.30. The van der Waals surface area contributed by atoms with Crippen LogP contribution in [0.4, 0.5) is 4.79 Å². The van der Waals surface area contributed by atoms with Crippen molar-refractivity contribution in [3.8, 4) is 0 Å². The average molecular weight is 282 g/mol. The Hall–Kier alpha value is -1.26. The second-order valence-corrected chi connectivity index (χ2v) is 6.38. The van der Waals surface area contributed by atoms with Crippen LogP contribution >= 0.6 is 0 Å². The Morgan fingerprint density at radius 1 is 1.15 bits per heavy atom. The number of aliphatic carboxylic acids is 1. The van der Waals surface area contributed by atoms with Crippen molar-refractivity contribution in [1.29, 1.82) is 0 Å². The molecular formula is C15H26N2O3. The van der Waals surface area contributed by atoms with E-state index in [0.717, 1.165) is 25.8 Å². The van der Waals surface area contributed by atoms with Gasteiger partial charge in [0.1, 0.15) is 0 Å². The van der Waals surface area contributed by atoms with Gasteiger partial charge < -0.3 is 15.3 Å². The van der Waals surface area contributed by atoms with Gasteiger partial charge in [0.05, 0.1) is 5.92 Å². The molecule has 0 aromatic heterocycles. The molecule has 2 amide bonds.